The van der Waals surface area contributed by atoms with Gasteiger partial charge in [-0.15, -0.1) is 6.58 Å². The van der Waals surface area contributed by atoms with Crippen molar-refractivity contribution in [1.82, 2.24) is 8.96 Å². The van der Waals surface area contributed by atoms with Crippen molar-refractivity contribution in [3.8, 4) is 0 Å². The summed E-state index contributed by atoms with van der Waals surface area (Å²) in [6.45, 7) is 11.0. The zero-order valence-corrected chi connectivity index (χ0v) is 13.5. The van der Waals surface area contributed by atoms with Crippen LogP contribution in [0, 0.1) is 0 Å². The summed E-state index contributed by atoms with van der Waals surface area (Å²) in [5.74, 6) is 0. The van der Waals surface area contributed by atoms with Crippen LogP contribution in [0.2, 0.25) is 0 Å². The van der Waals surface area contributed by atoms with Crippen LogP contribution in [0.15, 0.2) is 65.3 Å². The van der Waals surface area contributed by atoms with Gasteiger partial charge in [-0.1, -0.05) is 24.8 Å². The molecule has 0 radical (unpaired) electrons. The van der Waals surface area contributed by atoms with E-state index in [-0.39, 0.29) is 0 Å². The standard InChI is InChI=1S/C12H11BrN2S.C3H6/c1-3-9(4-2)16-15-8-6-10-11(13)5-7-14-12(10)15;1-3-2/h3-8H,1H2,2H3;3H,1H2,2H3/b9-4+;. The Bertz CT molecular complexity index is 599. The summed E-state index contributed by atoms with van der Waals surface area (Å²) in [7, 11) is 0. The van der Waals surface area contributed by atoms with Crippen LogP contribution in [0.1, 0.15) is 13.8 Å². The fourth-order valence-corrected chi connectivity index (χ4v) is 2.57. The Morgan fingerprint density at radius 3 is 2.63 bits per heavy atom. The van der Waals surface area contributed by atoms with E-state index in [1.165, 1.54) is 0 Å². The molecule has 2 rings (SSSR count). The van der Waals surface area contributed by atoms with E-state index in [4.69, 9.17) is 0 Å². The Labute approximate surface area is 127 Å². The highest BCUT2D eigenvalue weighted by atomic mass is 79.9. The van der Waals surface area contributed by atoms with Crippen LogP contribution < -0.4 is 0 Å². The van der Waals surface area contributed by atoms with Crippen LogP contribution in [0.4, 0.5) is 0 Å². The molecular weight excluding hydrogens is 320 g/mol. The average molecular weight is 337 g/mol. The van der Waals surface area contributed by atoms with Gasteiger partial charge >= 0.3 is 0 Å². The van der Waals surface area contributed by atoms with Gasteiger partial charge in [0, 0.05) is 27.2 Å². The molecule has 0 bridgehead atoms. The first kappa shape index (κ1) is 15.8. The number of rotatable bonds is 3. The highest BCUT2D eigenvalue weighted by Gasteiger charge is 2.06. The number of hydrogen-bond donors (Lipinski definition) is 0. The monoisotopic (exact) mass is 336 g/mol. The molecule has 2 aromatic rings. The quantitative estimate of drug-likeness (QED) is 0.538. The number of allylic oxidation sites excluding steroid dienone is 3. The Morgan fingerprint density at radius 2 is 2.05 bits per heavy atom. The first-order chi connectivity index (χ1) is 9.17. The summed E-state index contributed by atoms with van der Waals surface area (Å²) in [5.41, 5.74) is 0.959. The molecule has 0 N–H and O–H groups in total. The third-order valence-corrected chi connectivity index (χ3v) is 3.99. The molecule has 0 aliphatic heterocycles. The Balaban J connectivity index is 0.000000550. The van der Waals surface area contributed by atoms with Gasteiger partial charge in [-0.3, -0.25) is 3.97 Å². The molecule has 0 aliphatic carbocycles. The summed E-state index contributed by atoms with van der Waals surface area (Å²) in [6, 6.07) is 4.00. The van der Waals surface area contributed by atoms with Crippen molar-refractivity contribution in [1.29, 1.82) is 0 Å². The van der Waals surface area contributed by atoms with Crippen LogP contribution in [0.3, 0.4) is 0 Å². The van der Waals surface area contributed by atoms with Crippen molar-refractivity contribution in [3.05, 3.63) is 65.3 Å². The lowest BCUT2D eigenvalue weighted by Gasteiger charge is -2.03. The predicted octanol–water partition coefficient (Wildman–Crippen LogP) is 5.58. The summed E-state index contributed by atoms with van der Waals surface area (Å²) in [5, 5.41) is 1.12. The molecule has 0 aromatic carbocycles. The van der Waals surface area contributed by atoms with Crippen molar-refractivity contribution in [3.63, 3.8) is 0 Å². The van der Waals surface area contributed by atoms with Crippen molar-refractivity contribution < 1.29 is 0 Å². The van der Waals surface area contributed by atoms with Crippen molar-refractivity contribution in [2.45, 2.75) is 13.8 Å². The van der Waals surface area contributed by atoms with Gasteiger partial charge in [0.15, 0.2) is 5.65 Å². The van der Waals surface area contributed by atoms with Crippen molar-refractivity contribution >= 4 is 38.9 Å². The SMILES string of the molecule is C=C/C(=C\C)Sn1ccc2c(Br)ccnc21.C=CC. The molecular formula is C15H17BrN2S. The van der Waals surface area contributed by atoms with Crippen LogP contribution >= 0.6 is 27.9 Å². The number of aromatic nitrogens is 2. The van der Waals surface area contributed by atoms with E-state index in [1.54, 1.807) is 24.2 Å². The molecule has 100 valence electrons. The molecule has 0 saturated carbocycles. The summed E-state index contributed by atoms with van der Waals surface area (Å²) < 4.78 is 3.11. The zero-order chi connectivity index (χ0) is 14.3. The number of halogens is 1. The molecule has 19 heavy (non-hydrogen) atoms. The summed E-state index contributed by atoms with van der Waals surface area (Å²) in [4.78, 5) is 5.48. The molecule has 2 heterocycles. The molecule has 0 saturated heterocycles. The van der Waals surface area contributed by atoms with E-state index in [1.807, 2.05) is 42.2 Å². The molecule has 0 spiro atoms. The van der Waals surface area contributed by atoms with Crippen LogP contribution in [-0.2, 0) is 0 Å². The van der Waals surface area contributed by atoms with E-state index in [0.29, 0.717) is 0 Å². The van der Waals surface area contributed by atoms with E-state index >= 15 is 0 Å². The lowest BCUT2D eigenvalue weighted by molar-refractivity contribution is 1.26. The van der Waals surface area contributed by atoms with Crippen molar-refractivity contribution in [2.24, 2.45) is 0 Å². The van der Waals surface area contributed by atoms with Gasteiger partial charge in [0.25, 0.3) is 0 Å². The maximum atomic E-state index is 4.37. The van der Waals surface area contributed by atoms with Crippen LogP contribution in [-0.4, -0.2) is 8.96 Å². The van der Waals surface area contributed by atoms with E-state index in [0.717, 1.165) is 20.4 Å². The normalized spacial score (nSPS) is 10.8. The highest BCUT2D eigenvalue weighted by molar-refractivity contribution is 9.10. The fraction of sp³-hybridized carbons (Fsp3) is 0.133. The van der Waals surface area contributed by atoms with Gasteiger partial charge in [0.05, 0.1) is 0 Å². The second kappa shape index (κ2) is 8.02. The van der Waals surface area contributed by atoms with Gasteiger partial charge in [-0.25, -0.2) is 4.98 Å². The summed E-state index contributed by atoms with van der Waals surface area (Å²) >= 11 is 5.12. The molecule has 0 fully saturated rings. The van der Waals surface area contributed by atoms with Gasteiger partial charge in [0.2, 0.25) is 0 Å². The van der Waals surface area contributed by atoms with Crippen molar-refractivity contribution in [2.75, 3.05) is 0 Å². The first-order valence-electron chi connectivity index (χ1n) is 5.83. The molecule has 4 heteroatoms. The molecule has 0 aliphatic rings. The Hall–Kier alpha value is -1.26. The number of pyridine rings is 1. The molecule has 2 nitrogen and oxygen atoms in total. The lowest BCUT2D eigenvalue weighted by Crippen LogP contribution is -1.87. The Morgan fingerprint density at radius 1 is 1.37 bits per heavy atom. The van der Waals surface area contributed by atoms with Crippen LogP contribution in [0.25, 0.3) is 11.0 Å². The number of nitrogens with zero attached hydrogens (tertiary/aromatic N) is 2. The van der Waals surface area contributed by atoms with E-state index in [9.17, 15) is 0 Å². The predicted molar refractivity (Wildman–Crippen MR) is 90.2 cm³/mol. The van der Waals surface area contributed by atoms with E-state index in [2.05, 4.69) is 40.1 Å². The second-order valence-corrected chi connectivity index (χ2v) is 5.47. The smallest absolute Gasteiger partial charge is 0.151 e. The highest BCUT2D eigenvalue weighted by Crippen LogP contribution is 2.28. The fourth-order valence-electron chi connectivity index (χ4n) is 1.38. The first-order valence-corrected chi connectivity index (χ1v) is 7.40. The third-order valence-electron chi connectivity index (χ3n) is 2.19. The van der Waals surface area contributed by atoms with Gasteiger partial charge < -0.3 is 0 Å². The molecule has 0 unspecified atom stereocenters. The number of fused-ring (bicyclic) bond motifs is 1. The number of hydrogen-bond acceptors (Lipinski definition) is 2. The minimum Gasteiger partial charge on any atom is -0.271 e. The maximum Gasteiger partial charge on any atom is 0.151 e. The molecule has 0 amide bonds. The third kappa shape index (κ3) is 4.11. The second-order valence-electron chi connectivity index (χ2n) is 3.57. The lowest BCUT2D eigenvalue weighted by atomic mass is 10.3. The average Bonchev–Trinajstić information content (AvgIpc) is 2.81. The largest absolute Gasteiger partial charge is 0.271 e. The minimum atomic E-state index is 0.959. The topological polar surface area (TPSA) is 17.8 Å². The minimum absolute atomic E-state index is 0.959. The Kier molecular flexibility index (Phi) is 6.67. The molecule has 0 atom stereocenters. The molecule has 2 aromatic heterocycles. The van der Waals surface area contributed by atoms with E-state index < -0.39 is 0 Å². The zero-order valence-electron chi connectivity index (χ0n) is 11.1. The van der Waals surface area contributed by atoms with Gasteiger partial charge in [0.1, 0.15) is 0 Å². The van der Waals surface area contributed by atoms with Gasteiger partial charge in [-0.05, 0) is 53.9 Å². The maximum absolute atomic E-state index is 4.37. The summed E-state index contributed by atoms with van der Waals surface area (Å²) in [6.07, 6.45) is 9.43. The van der Waals surface area contributed by atoms with Crippen LogP contribution in [0.5, 0.6) is 0 Å². The van der Waals surface area contributed by atoms with Gasteiger partial charge in [-0.2, -0.15) is 0 Å².